The zero-order valence-electron chi connectivity index (χ0n) is 10.2. The highest BCUT2D eigenvalue weighted by atomic mass is 15.6. The summed E-state index contributed by atoms with van der Waals surface area (Å²) in [5.41, 5.74) is 0. The fraction of sp³-hybridized carbons (Fsp3) is 0.545. The number of nitrogens with zero attached hydrogens (tertiary/aromatic N) is 6. The highest BCUT2D eigenvalue weighted by Gasteiger charge is 2.23. The van der Waals surface area contributed by atoms with E-state index in [0.29, 0.717) is 5.95 Å². The van der Waals surface area contributed by atoms with Gasteiger partial charge in [0.2, 0.25) is 0 Å². The van der Waals surface area contributed by atoms with Crippen molar-refractivity contribution in [2.24, 2.45) is 5.92 Å². The minimum absolute atomic E-state index is 0.0874. The van der Waals surface area contributed by atoms with Crippen LogP contribution in [0, 0.1) is 5.92 Å². The summed E-state index contributed by atoms with van der Waals surface area (Å²) in [4.78, 5) is 8.31. The molecule has 0 aromatic carbocycles. The lowest BCUT2D eigenvalue weighted by atomic mass is 10.3. The number of nitrogens with one attached hydrogen (secondary N) is 1. The molecule has 1 atom stereocenters. The molecular weight excluding hydrogens is 230 g/mol. The minimum atomic E-state index is 0.0874. The molecule has 1 aliphatic rings. The van der Waals surface area contributed by atoms with Gasteiger partial charge in [0, 0.05) is 12.4 Å². The number of tetrazole rings is 1. The summed E-state index contributed by atoms with van der Waals surface area (Å²) in [7, 11) is 0. The molecule has 2 heterocycles. The first-order valence-electron chi connectivity index (χ1n) is 6.13. The number of aromatic nitrogens is 6. The Morgan fingerprint density at radius 3 is 2.89 bits per heavy atom. The third kappa shape index (κ3) is 2.35. The molecule has 0 bridgehead atoms. The Balaban J connectivity index is 1.77. The summed E-state index contributed by atoms with van der Waals surface area (Å²) in [6, 6.07) is 1.85. The maximum atomic E-state index is 4.15. The molecule has 0 spiro atoms. The summed E-state index contributed by atoms with van der Waals surface area (Å²) in [5.74, 6) is 2.06. The van der Waals surface area contributed by atoms with Crippen molar-refractivity contribution in [3.8, 4) is 5.95 Å². The number of hydrogen-bond acceptors (Lipinski definition) is 6. The van der Waals surface area contributed by atoms with Gasteiger partial charge in [-0.1, -0.05) is 0 Å². The highest BCUT2D eigenvalue weighted by Crippen LogP contribution is 2.28. The molecule has 1 fully saturated rings. The molecule has 7 heteroatoms. The Kier molecular flexibility index (Phi) is 2.97. The molecule has 0 radical (unpaired) electrons. The van der Waals surface area contributed by atoms with Crippen LogP contribution in [0.3, 0.4) is 0 Å². The molecule has 0 amide bonds. The van der Waals surface area contributed by atoms with Gasteiger partial charge in [-0.15, -0.1) is 5.10 Å². The van der Waals surface area contributed by atoms with Crippen molar-refractivity contribution in [1.82, 2.24) is 35.5 Å². The van der Waals surface area contributed by atoms with E-state index in [1.165, 1.54) is 12.8 Å². The molecule has 2 aromatic rings. The largest absolute Gasteiger partial charge is 0.307 e. The van der Waals surface area contributed by atoms with Crippen molar-refractivity contribution in [2.45, 2.75) is 25.8 Å². The second kappa shape index (κ2) is 4.77. The van der Waals surface area contributed by atoms with E-state index in [1.54, 1.807) is 23.1 Å². The first kappa shape index (κ1) is 11.2. The van der Waals surface area contributed by atoms with Crippen molar-refractivity contribution < 1.29 is 0 Å². The van der Waals surface area contributed by atoms with Gasteiger partial charge in [0.25, 0.3) is 5.95 Å². The van der Waals surface area contributed by atoms with Gasteiger partial charge in [0.05, 0.1) is 6.04 Å². The Bertz CT molecular complexity index is 505. The smallest absolute Gasteiger partial charge is 0.253 e. The van der Waals surface area contributed by atoms with Crippen LogP contribution in [0.25, 0.3) is 5.95 Å². The molecule has 1 aliphatic carbocycles. The van der Waals surface area contributed by atoms with E-state index in [4.69, 9.17) is 0 Å². The lowest BCUT2D eigenvalue weighted by Gasteiger charge is -2.12. The van der Waals surface area contributed by atoms with Crippen LogP contribution in [0.4, 0.5) is 0 Å². The molecule has 1 saturated carbocycles. The Labute approximate surface area is 105 Å². The molecule has 1 unspecified atom stereocenters. The number of hydrogen-bond donors (Lipinski definition) is 1. The zero-order valence-corrected chi connectivity index (χ0v) is 10.2. The molecule has 94 valence electrons. The van der Waals surface area contributed by atoms with Crippen LogP contribution in [0.5, 0.6) is 0 Å². The molecule has 7 nitrogen and oxygen atoms in total. The topological polar surface area (TPSA) is 81.4 Å². The molecular formula is C11H15N7. The van der Waals surface area contributed by atoms with Crippen LogP contribution >= 0.6 is 0 Å². The van der Waals surface area contributed by atoms with Crippen LogP contribution in [0.2, 0.25) is 0 Å². The minimum Gasteiger partial charge on any atom is -0.307 e. The van der Waals surface area contributed by atoms with Gasteiger partial charge >= 0.3 is 0 Å². The van der Waals surface area contributed by atoms with E-state index in [1.807, 2.05) is 6.92 Å². The van der Waals surface area contributed by atoms with E-state index in [-0.39, 0.29) is 6.04 Å². The standard InChI is InChI=1S/C11H15N7/c1-8(14-7-9-3-4-9)10-15-16-17-18(10)11-12-5-2-6-13-11/h2,5-6,8-9,14H,3-4,7H2,1H3. The fourth-order valence-electron chi connectivity index (χ4n) is 1.76. The van der Waals surface area contributed by atoms with Gasteiger partial charge in [-0.05, 0) is 48.7 Å². The normalized spacial score (nSPS) is 16.7. The lowest BCUT2D eigenvalue weighted by molar-refractivity contribution is 0.511. The van der Waals surface area contributed by atoms with Crippen molar-refractivity contribution in [1.29, 1.82) is 0 Å². The molecule has 2 aromatic heterocycles. The van der Waals surface area contributed by atoms with Crippen LogP contribution in [0.1, 0.15) is 31.6 Å². The van der Waals surface area contributed by atoms with Crippen LogP contribution < -0.4 is 5.32 Å². The second-order valence-corrected chi connectivity index (χ2v) is 4.57. The monoisotopic (exact) mass is 245 g/mol. The maximum absolute atomic E-state index is 4.15. The number of rotatable bonds is 5. The predicted octanol–water partition coefficient (Wildman–Crippen LogP) is 0.513. The van der Waals surface area contributed by atoms with Gasteiger partial charge in [0.15, 0.2) is 5.82 Å². The van der Waals surface area contributed by atoms with Gasteiger partial charge in [-0.2, -0.15) is 4.68 Å². The third-order valence-corrected chi connectivity index (χ3v) is 3.03. The van der Waals surface area contributed by atoms with Gasteiger partial charge in [-0.3, -0.25) is 0 Å². The lowest BCUT2D eigenvalue weighted by Crippen LogP contribution is -2.24. The van der Waals surface area contributed by atoms with Crippen LogP contribution in [-0.4, -0.2) is 36.7 Å². The Morgan fingerprint density at radius 2 is 2.17 bits per heavy atom. The van der Waals surface area contributed by atoms with Crippen molar-refractivity contribution in [2.75, 3.05) is 6.54 Å². The first-order chi connectivity index (χ1) is 8.84. The van der Waals surface area contributed by atoms with Gasteiger partial charge in [0.1, 0.15) is 0 Å². The highest BCUT2D eigenvalue weighted by molar-refractivity contribution is 5.10. The van der Waals surface area contributed by atoms with Gasteiger partial charge < -0.3 is 5.32 Å². The summed E-state index contributed by atoms with van der Waals surface area (Å²) in [6.45, 7) is 3.07. The summed E-state index contributed by atoms with van der Waals surface area (Å²) in [6.07, 6.45) is 6.01. The van der Waals surface area contributed by atoms with Crippen molar-refractivity contribution >= 4 is 0 Å². The molecule has 0 saturated heterocycles. The SMILES string of the molecule is CC(NCC1CC1)c1nnnn1-c1ncccn1. The average molecular weight is 245 g/mol. The second-order valence-electron chi connectivity index (χ2n) is 4.57. The van der Waals surface area contributed by atoms with E-state index in [9.17, 15) is 0 Å². The van der Waals surface area contributed by atoms with E-state index in [2.05, 4.69) is 30.8 Å². The maximum Gasteiger partial charge on any atom is 0.253 e. The molecule has 3 rings (SSSR count). The average Bonchev–Trinajstić information content (AvgIpc) is 3.11. The Hall–Kier alpha value is -1.89. The zero-order chi connectivity index (χ0) is 12.4. The summed E-state index contributed by atoms with van der Waals surface area (Å²) >= 11 is 0. The first-order valence-corrected chi connectivity index (χ1v) is 6.13. The van der Waals surface area contributed by atoms with Crippen LogP contribution in [0.15, 0.2) is 18.5 Å². The van der Waals surface area contributed by atoms with Gasteiger partial charge in [-0.25, -0.2) is 9.97 Å². The van der Waals surface area contributed by atoms with Crippen LogP contribution in [-0.2, 0) is 0 Å². The predicted molar refractivity (Wildman–Crippen MR) is 63.9 cm³/mol. The molecule has 18 heavy (non-hydrogen) atoms. The van der Waals surface area contributed by atoms with Crippen molar-refractivity contribution in [3.63, 3.8) is 0 Å². The van der Waals surface area contributed by atoms with E-state index in [0.717, 1.165) is 18.3 Å². The van der Waals surface area contributed by atoms with Crippen molar-refractivity contribution in [3.05, 3.63) is 24.3 Å². The fourth-order valence-corrected chi connectivity index (χ4v) is 1.76. The Morgan fingerprint density at radius 1 is 1.39 bits per heavy atom. The quantitative estimate of drug-likeness (QED) is 0.826. The molecule has 0 aliphatic heterocycles. The summed E-state index contributed by atoms with van der Waals surface area (Å²) in [5, 5.41) is 15.1. The molecule has 1 N–H and O–H groups in total. The third-order valence-electron chi connectivity index (χ3n) is 3.03. The summed E-state index contributed by atoms with van der Waals surface area (Å²) < 4.78 is 1.57. The van der Waals surface area contributed by atoms with E-state index < -0.39 is 0 Å². The van der Waals surface area contributed by atoms with E-state index >= 15 is 0 Å².